The van der Waals surface area contributed by atoms with E-state index in [4.69, 9.17) is 14.5 Å². The number of rotatable bonds is 7. The fourth-order valence-corrected chi connectivity index (χ4v) is 4.37. The van der Waals surface area contributed by atoms with Gasteiger partial charge in [0.15, 0.2) is 0 Å². The second-order valence-corrected chi connectivity index (χ2v) is 8.95. The largest absolute Gasteiger partial charge is 0.489 e. The minimum Gasteiger partial charge on any atom is -0.489 e. The van der Waals surface area contributed by atoms with Crippen molar-refractivity contribution in [2.24, 2.45) is 0 Å². The first-order chi connectivity index (χ1) is 16.7. The fraction of sp³-hybridized carbons (Fsp3) is 0.370. The van der Waals surface area contributed by atoms with Gasteiger partial charge in [-0.05, 0) is 35.4 Å². The van der Waals surface area contributed by atoms with E-state index in [-0.39, 0.29) is 12.2 Å². The summed E-state index contributed by atoms with van der Waals surface area (Å²) in [6.07, 6.45) is 3.98. The molecule has 0 amide bonds. The molecule has 34 heavy (non-hydrogen) atoms. The monoisotopic (exact) mass is 456 g/mol. The quantitative estimate of drug-likeness (QED) is 0.583. The maximum atomic E-state index is 9.68. The Labute approximate surface area is 199 Å². The van der Waals surface area contributed by atoms with Crippen LogP contribution in [0.15, 0.2) is 54.7 Å². The van der Waals surface area contributed by atoms with Crippen molar-refractivity contribution in [3.05, 3.63) is 77.2 Å². The van der Waals surface area contributed by atoms with Gasteiger partial charge in [0.2, 0.25) is 0 Å². The van der Waals surface area contributed by atoms with E-state index in [9.17, 15) is 10.4 Å². The van der Waals surface area contributed by atoms with Crippen LogP contribution in [0.4, 0.5) is 0 Å². The van der Waals surface area contributed by atoms with Gasteiger partial charge in [-0.3, -0.25) is 4.90 Å². The zero-order chi connectivity index (χ0) is 23.3. The average molecular weight is 457 g/mol. The van der Waals surface area contributed by atoms with Crippen molar-refractivity contribution in [3.63, 3.8) is 0 Å². The van der Waals surface area contributed by atoms with E-state index in [1.54, 1.807) is 6.20 Å². The maximum Gasteiger partial charge on any atom is 0.137 e. The average Bonchev–Trinajstić information content (AvgIpc) is 2.85. The summed E-state index contributed by atoms with van der Waals surface area (Å²) in [5.74, 6) is 1.34. The molecule has 0 aliphatic carbocycles. The fourth-order valence-electron chi connectivity index (χ4n) is 4.37. The Bertz CT molecular complexity index is 1160. The Hall–Kier alpha value is -3.31. The number of hydrogen-bond acceptors (Lipinski definition) is 7. The van der Waals surface area contributed by atoms with Crippen LogP contribution in [0.25, 0.3) is 11.3 Å². The van der Waals surface area contributed by atoms with Gasteiger partial charge in [0.25, 0.3) is 0 Å². The number of likely N-dealkylation sites (tertiary alicyclic amines) is 1. The highest BCUT2D eigenvalue weighted by atomic mass is 16.5. The Kier molecular flexibility index (Phi) is 6.82. The number of nitrogens with zero attached hydrogens (tertiary/aromatic N) is 4. The first-order valence-corrected chi connectivity index (χ1v) is 11.8. The second-order valence-electron chi connectivity index (χ2n) is 8.95. The van der Waals surface area contributed by atoms with Gasteiger partial charge in [-0.1, -0.05) is 24.3 Å². The summed E-state index contributed by atoms with van der Waals surface area (Å²) >= 11 is 0. The molecule has 3 aromatic rings. The molecule has 2 aliphatic heterocycles. The number of ether oxygens (including phenoxy) is 2. The zero-order valence-corrected chi connectivity index (χ0v) is 19.1. The third-order valence-corrected chi connectivity index (χ3v) is 6.29. The minimum atomic E-state index is -0.177. The summed E-state index contributed by atoms with van der Waals surface area (Å²) in [6.45, 7) is 3.75. The predicted octanol–water partition coefficient (Wildman–Crippen LogP) is 3.34. The van der Waals surface area contributed by atoms with Crippen LogP contribution in [-0.4, -0.2) is 58.5 Å². The summed E-state index contributed by atoms with van der Waals surface area (Å²) < 4.78 is 11.5. The molecule has 7 heteroatoms. The number of aliphatic hydroxyl groups excluding tert-OH is 1. The highest BCUT2D eigenvalue weighted by Crippen LogP contribution is 2.27. The molecular formula is C27H28N4O3. The highest BCUT2D eigenvalue weighted by molar-refractivity contribution is 5.64. The summed E-state index contributed by atoms with van der Waals surface area (Å²) in [5.41, 5.74) is 4.54. The topological polar surface area (TPSA) is 91.5 Å². The lowest BCUT2D eigenvalue weighted by Crippen LogP contribution is -2.49. The van der Waals surface area contributed by atoms with Crippen molar-refractivity contribution in [1.29, 1.82) is 5.26 Å². The molecule has 2 aliphatic rings. The van der Waals surface area contributed by atoms with Crippen molar-refractivity contribution >= 4 is 0 Å². The Balaban J connectivity index is 1.26. The van der Waals surface area contributed by atoms with Gasteiger partial charge in [-0.2, -0.15) is 5.26 Å². The molecule has 5 rings (SSSR count). The van der Waals surface area contributed by atoms with Gasteiger partial charge in [0, 0.05) is 50.7 Å². The van der Waals surface area contributed by atoms with Gasteiger partial charge in [-0.15, -0.1) is 0 Å². The van der Waals surface area contributed by atoms with E-state index in [2.05, 4.69) is 40.2 Å². The Morgan fingerprint density at radius 2 is 1.82 bits per heavy atom. The van der Waals surface area contributed by atoms with E-state index >= 15 is 0 Å². The second kappa shape index (κ2) is 10.3. The number of aliphatic hydroxyl groups is 1. The first kappa shape index (κ1) is 22.5. The molecule has 1 N–H and O–H groups in total. The van der Waals surface area contributed by atoms with Crippen LogP contribution < -0.4 is 4.74 Å². The van der Waals surface area contributed by atoms with E-state index in [0.717, 1.165) is 55.1 Å². The van der Waals surface area contributed by atoms with Crippen molar-refractivity contribution in [2.75, 3.05) is 26.3 Å². The minimum absolute atomic E-state index is 0.0845. The SMILES string of the molecule is N#Cc1cc(-c2ccnc(Cc3ccc(CN4CC(O)C4)cc3)n2)ccc1OC1CCOCC1. The van der Waals surface area contributed by atoms with E-state index in [1.165, 1.54) is 5.56 Å². The molecule has 2 aromatic carbocycles. The number of benzene rings is 2. The predicted molar refractivity (Wildman–Crippen MR) is 127 cm³/mol. The van der Waals surface area contributed by atoms with E-state index in [0.29, 0.717) is 30.9 Å². The number of nitriles is 1. The van der Waals surface area contributed by atoms with Gasteiger partial charge in [-0.25, -0.2) is 9.97 Å². The molecule has 0 atom stereocenters. The molecular weight excluding hydrogens is 428 g/mol. The van der Waals surface area contributed by atoms with E-state index in [1.807, 2.05) is 24.3 Å². The summed E-state index contributed by atoms with van der Waals surface area (Å²) in [6, 6.07) is 18.2. The van der Waals surface area contributed by atoms with Gasteiger partial charge < -0.3 is 14.6 Å². The molecule has 0 spiro atoms. The zero-order valence-electron chi connectivity index (χ0n) is 19.1. The molecule has 2 fully saturated rings. The molecule has 0 saturated carbocycles. The standard InChI is InChI=1S/C27H28N4O3/c28-15-22-14-21(5-6-26(22)34-24-8-11-33-12-9-24)25-7-10-29-27(30-25)13-19-1-3-20(4-2-19)16-31-17-23(32)18-31/h1-7,10,14,23-24,32H,8-9,11-13,16-18H2. The molecule has 2 saturated heterocycles. The molecule has 7 nitrogen and oxygen atoms in total. The molecule has 0 unspecified atom stereocenters. The number of aromatic nitrogens is 2. The Morgan fingerprint density at radius 3 is 2.56 bits per heavy atom. The van der Waals surface area contributed by atoms with Crippen LogP contribution in [0.2, 0.25) is 0 Å². The van der Waals surface area contributed by atoms with Crippen molar-refractivity contribution < 1.29 is 14.6 Å². The smallest absolute Gasteiger partial charge is 0.137 e. The van der Waals surface area contributed by atoms with Crippen molar-refractivity contribution in [2.45, 2.75) is 38.0 Å². The summed E-state index contributed by atoms with van der Waals surface area (Å²) in [7, 11) is 0. The summed E-state index contributed by atoms with van der Waals surface area (Å²) in [4.78, 5) is 11.4. The molecule has 1 aromatic heterocycles. The van der Waals surface area contributed by atoms with Gasteiger partial charge >= 0.3 is 0 Å². The molecule has 0 radical (unpaired) electrons. The molecule has 174 valence electrons. The van der Waals surface area contributed by atoms with E-state index < -0.39 is 0 Å². The van der Waals surface area contributed by atoms with Crippen molar-refractivity contribution in [3.8, 4) is 23.1 Å². The lowest BCUT2D eigenvalue weighted by molar-refractivity contribution is -0.00286. The number of hydrogen-bond donors (Lipinski definition) is 1. The Morgan fingerprint density at radius 1 is 1.06 bits per heavy atom. The van der Waals surface area contributed by atoms with Crippen molar-refractivity contribution in [1.82, 2.24) is 14.9 Å². The number of β-amino-alcohol motifs (C(OH)–C–C–N with tert-alkyl or cyclic N) is 1. The molecule has 0 bridgehead atoms. The highest BCUT2D eigenvalue weighted by Gasteiger charge is 2.23. The van der Waals surface area contributed by atoms with Gasteiger partial charge in [0.05, 0.1) is 30.6 Å². The third kappa shape index (κ3) is 5.42. The van der Waals surface area contributed by atoms with Crippen LogP contribution >= 0.6 is 0 Å². The molecule has 3 heterocycles. The van der Waals surface area contributed by atoms with Crippen LogP contribution in [0.1, 0.15) is 35.4 Å². The van der Waals surface area contributed by atoms with Crippen LogP contribution in [0.3, 0.4) is 0 Å². The third-order valence-electron chi connectivity index (χ3n) is 6.29. The first-order valence-electron chi connectivity index (χ1n) is 11.8. The van der Waals surface area contributed by atoms with Crippen LogP contribution in [0.5, 0.6) is 5.75 Å². The van der Waals surface area contributed by atoms with Crippen LogP contribution in [-0.2, 0) is 17.7 Å². The summed E-state index contributed by atoms with van der Waals surface area (Å²) in [5, 5.41) is 19.1. The lowest BCUT2D eigenvalue weighted by atomic mass is 10.1. The van der Waals surface area contributed by atoms with Gasteiger partial charge in [0.1, 0.15) is 23.7 Å². The lowest BCUT2D eigenvalue weighted by Gasteiger charge is -2.35. The normalized spacial score (nSPS) is 17.2. The maximum absolute atomic E-state index is 9.68. The van der Waals surface area contributed by atoms with Crippen LogP contribution in [0, 0.1) is 11.3 Å².